The number of carbonyl (C=O) groups excluding carboxylic acids is 1. The molecule has 5 nitrogen and oxygen atoms in total. The van der Waals surface area contributed by atoms with Crippen LogP contribution in [0.5, 0.6) is 0 Å². The highest BCUT2D eigenvalue weighted by molar-refractivity contribution is 6.01. The quantitative estimate of drug-likeness (QED) is 0.380. The number of hydrogen-bond acceptors (Lipinski definition) is 4. The van der Waals surface area contributed by atoms with Crippen LogP contribution in [0.4, 0.5) is 5.69 Å². The maximum Gasteiger partial charge on any atom is 0.326 e. The molecule has 1 fully saturated rings. The fourth-order valence-corrected chi connectivity index (χ4v) is 4.34. The van der Waals surface area contributed by atoms with Gasteiger partial charge in [-0.05, 0) is 55.2 Å². The molecule has 158 valence electrons. The lowest BCUT2D eigenvalue weighted by molar-refractivity contribution is -0.154. The van der Waals surface area contributed by atoms with Crippen LogP contribution in [-0.4, -0.2) is 31.5 Å². The lowest BCUT2D eigenvalue weighted by Gasteiger charge is -2.37. The van der Waals surface area contributed by atoms with E-state index in [1.54, 1.807) is 13.1 Å². The van der Waals surface area contributed by atoms with Crippen LogP contribution in [0.25, 0.3) is 0 Å². The van der Waals surface area contributed by atoms with Gasteiger partial charge in [-0.25, -0.2) is 0 Å². The Labute approximate surface area is 175 Å². The molecule has 0 bridgehead atoms. The third-order valence-electron chi connectivity index (χ3n) is 6.05. The molecule has 0 spiro atoms. The Morgan fingerprint density at radius 3 is 2.69 bits per heavy atom. The minimum absolute atomic E-state index is 0.0247. The molecule has 5 heteroatoms. The molecule has 2 rings (SSSR count). The predicted molar refractivity (Wildman–Crippen MR) is 118 cm³/mol. The van der Waals surface area contributed by atoms with Crippen LogP contribution in [0.3, 0.4) is 0 Å². The van der Waals surface area contributed by atoms with Gasteiger partial charge < -0.3 is 9.64 Å². The number of aliphatic imine (C=N–C) groups is 1. The highest BCUT2D eigenvalue weighted by atomic mass is 16.5. The lowest BCUT2D eigenvalue weighted by Crippen LogP contribution is -2.41. The molecule has 3 atom stereocenters. The topological polar surface area (TPSA) is 65.7 Å². The molecule has 0 aromatic heterocycles. The van der Waals surface area contributed by atoms with Crippen molar-refractivity contribution in [1.29, 1.82) is 5.26 Å². The maximum atomic E-state index is 13.0. The first kappa shape index (κ1) is 22.9. The van der Waals surface area contributed by atoms with Gasteiger partial charge in [0.15, 0.2) is 0 Å². The number of hydrogen-bond donors (Lipinski definition) is 0. The van der Waals surface area contributed by atoms with E-state index in [1.807, 2.05) is 30.9 Å². The number of esters is 1. The largest absolute Gasteiger partial charge is 0.461 e. The first-order valence-corrected chi connectivity index (χ1v) is 10.7. The van der Waals surface area contributed by atoms with Crippen molar-refractivity contribution in [2.24, 2.45) is 22.7 Å². The van der Waals surface area contributed by atoms with Crippen molar-refractivity contribution in [2.45, 2.75) is 66.4 Å². The van der Waals surface area contributed by atoms with E-state index in [2.05, 4.69) is 31.8 Å². The van der Waals surface area contributed by atoms with Crippen molar-refractivity contribution < 1.29 is 9.53 Å². The van der Waals surface area contributed by atoms with E-state index in [9.17, 15) is 10.1 Å². The summed E-state index contributed by atoms with van der Waals surface area (Å²) in [6.07, 6.45) is 3.91. The number of ether oxygens (including phenoxy) is 1. The summed E-state index contributed by atoms with van der Waals surface area (Å²) in [7, 11) is 1.73. The minimum atomic E-state index is -0.230. The minimum Gasteiger partial charge on any atom is -0.461 e. The summed E-state index contributed by atoms with van der Waals surface area (Å²) in [5.74, 6) is 2.06. The number of amidine groups is 1. The summed E-state index contributed by atoms with van der Waals surface area (Å²) < 4.78 is 6.02. The van der Waals surface area contributed by atoms with Gasteiger partial charge in [-0.15, -0.1) is 0 Å². The molecule has 29 heavy (non-hydrogen) atoms. The zero-order valence-electron chi connectivity index (χ0n) is 18.7. The third kappa shape index (κ3) is 5.82. The molecule has 1 aliphatic rings. The van der Waals surface area contributed by atoms with E-state index in [1.165, 1.54) is 6.42 Å². The summed E-state index contributed by atoms with van der Waals surface area (Å²) in [4.78, 5) is 19.3. The molecule has 0 N–H and O–H groups in total. The van der Waals surface area contributed by atoms with Crippen LogP contribution in [0, 0.1) is 36.0 Å². The Morgan fingerprint density at radius 2 is 2.10 bits per heavy atom. The molecular formula is C24H35N3O2. The SMILES string of the molecule is CC/C(=N\C)N(CC(=O)O[C@@H]1C[C@H](C)CC[C@H]1C(C)C)c1cc(C#N)ccc1C. The van der Waals surface area contributed by atoms with Gasteiger partial charge in [0.05, 0.1) is 11.6 Å². The van der Waals surface area contributed by atoms with Gasteiger partial charge in [0.25, 0.3) is 0 Å². The van der Waals surface area contributed by atoms with E-state index >= 15 is 0 Å². The van der Waals surface area contributed by atoms with Crippen LogP contribution in [0.2, 0.25) is 0 Å². The van der Waals surface area contributed by atoms with Crippen LogP contribution >= 0.6 is 0 Å². The molecule has 1 saturated carbocycles. The van der Waals surface area contributed by atoms with Crippen molar-refractivity contribution in [3.05, 3.63) is 29.3 Å². The first-order chi connectivity index (χ1) is 13.8. The zero-order chi connectivity index (χ0) is 21.6. The monoisotopic (exact) mass is 397 g/mol. The van der Waals surface area contributed by atoms with Crippen molar-refractivity contribution in [2.75, 3.05) is 18.5 Å². The van der Waals surface area contributed by atoms with Crippen molar-refractivity contribution in [3.8, 4) is 6.07 Å². The Balaban J connectivity index is 2.25. The van der Waals surface area contributed by atoms with Crippen molar-refractivity contribution in [3.63, 3.8) is 0 Å². The van der Waals surface area contributed by atoms with E-state index in [4.69, 9.17) is 4.74 Å². The molecular weight excluding hydrogens is 362 g/mol. The molecule has 0 heterocycles. The van der Waals surface area contributed by atoms with Gasteiger partial charge >= 0.3 is 5.97 Å². The predicted octanol–water partition coefficient (Wildman–Crippen LogP) is 5.12. The highest BCUT2D eigenvalue weighted by Crippen LogP contribution is 2.35. The normalized spacial score (nSPS) is 22.3. The van der Waals surface area contributed by atoms with E-state index in [0.29, 0.717) is 29.7 Å². The van der Waals surface area contributed by atoms with Crippen LogP contribution in [0.1, 0.15) is 64.5 Å². The van der Waals surface area contributed by atoms with Gasteiger partial charge in [0, 0.05) is 19.2 Å². The van der Waals surface area contributed by atoms with E-state index in [0.717, 1.165) is 29.9 Å². The van der Waals surface area contributed by atoms with E-state index in [-0.39, 0.29) is 18.6 Å². The molecule has 1 aromatic rings. The first-order valence-electron chi connectivity index (χ1n) is 10.7. The summed E-state index contributed by atoms with van der Waals surface area (Å²) in [5.41, 5.74) is 2.40. The van der Waals surface area contributed by atoms with Gasteiger partial charge in [-0.3, -0.25) is 9.79 Å². The fourth-order valence-electron chi connectivity index (χ4n) is 4.34. The number of carbonyl (C=O) groups is 1. The molecule has 0 unspecified atom stereocenters. The Bertz CT molecular complexity index is 779. The number of rotatable bonds is 6. The average Bonchev–Trinajstić information content (AvgIpc) is 2.68. The number of aryl methyl sites for hydroxylation is 1. The smallest absolute Gasteiger partial charge is 0.326 e. The molecule has 1 aromatic carbocycles. The summed E-state index contributed by atoms with van der Waals surface area (Å²) in [6, 6.07) is 7.71. The zero-order valence-corrected chi connectivity index (χ0v) is 18.7. The third-order valence-corrected chi connectivity index (χ3v) is 6.05. The second-order valence-corrected chi connectivity index (χ2v) is 8.55. The van der Waals surface area contributed by atoms with Crippen LogP contribution in [-0.2, 0) is 9.53 Å². The molecule has 0 aliphatic heterocycles. The maximum absolute atomic E-state index is 13.0. The van der Waals surface area contributed by atoms with Crippen LogP contribution < -0.4 is 4.90 Å². The highest BCUT2D eigenvalue weighted by Gasteiger charge is 2.34. The van der Waals surface area contributed by atoms with Gasteiger partial charge in [0.2, 0.25) is 0 Å². The fraction of sp³-hybridized carbons (Fsp3) is 0.625. The lowest BCUT2D eigenvalue weighted by atomic mass is 9.75. The number of nitrogens with zero attached hydrogens (tertiary/aromatic N) is 3. The number of nitriles is 1. The van der Waals surface area contributed by atoms with E-state index < -0.39 is 0 Å². The Kier molecular flexibility index (Phi) is 8.25. The van der Waals surface area contributed by atoms with Gasteiger partial charge in [0.1, 0.15) is 18.5 Å². The molecule has 1 aliphatic carbocycles. The van der Waals surface area contributed by atoms with Gasteiger partial charge in [-0.1, -0.05) is 40.2 Å². The second kappa shape index (κ2) is 10.4. The Hall–Kier alpha value is -2.35. The molecule has 0 amide bonds. The number of benzene rings is 1. The standard InChI is InChI=1S/C24H35N3O2/c1-7-23(26-6)27(21-13-19(14-25)10-9-18(21)5)15-24(28)29-22-12-17(4)8-11-20(22)16(2)3/h9-10,13,16-17,20,22H,7-8,11-12,15H2,1-6H3/b26-23+/t17-,20+,22-/m1/s1. The average molecular weight is 398 g/mol. The van der Waals surface area contributed by atoms with Gasteiger partial charge in [-0.2, -0.15) is 5.26 Å². The summed E-state index contributed by atoms with van der Waals surface area (Å²) in [6.45, 7) is 10.8. The van der Waals surface area contributed by atoms with Crippen molar-refractivity contribution >= 4 is 17.5 Å². The van der Waals surface area contributed by atoms with Crippen LogP contribution in [0.15, 0.2) is 23.2 Å². The Morgan fingerprint density at radius 1 is 1.38 bits per heavy atom. The molecule has 0 radical (unpaired) electrons. The summed E-state index contributed by atoms with van der Waals surface area (Å²) in [5, 5.41) is 9.30. The molecule has 0 saturated heterocycles. The second-order valence-electron chi connectivity index (χ2n) is 8.55. The summed E-state index contributed by atoms with van der Waals surface area (Å²) >= 11 is 0. The van der Waals surface area contributed by atoms with Crippen molar-refractivity contribution in [1.82, 2.24) is 0 Å². The number of anilines is 1.